The van der Waals surface area contributed by atoms with E-state index in [-0.39, 0.29) is 0 Å². The molecule has 0 amide bonds. The zero-order chi connectivity index (χ0) is 11.8. The van der Waals surface area contributed by atoms with Crippen molar-refractivity contribution < 1.29 is 0 Å². The van der Waals surface area contributed by atoms with Crippen LogP contribution < -0.4 is 5.73 Å². The van der Waals surface area contributed by atoms with Crippen LogP contribution in [0.25, 0.3) is 0 Å². The molecule has 2 aliphatic rings. The van der Waals surface area contributed by atoms with Crippen LogP contribution in [0.4, 0.5) is 0 Å². The fraction of sp³-hybridized carbons (Fsp3) is 0.571. The van der Waals surface area contributed by atoms with Gasteiger partial charge in [0, 0.05) is 16.6 Å². The lowest BCUT2D eigenvalue weighted by molar-refractivity contribution is 0.120. The van der Waals surface area contributed by atoms with Gasteiger partial charge in [-0.05, 0) is 49.9 Å². The molecule has 1 heterocycles. The molecule has 0 radical (unpaired) electrons. The van der Waals surface area contributed by atoms with Crippen LogP contribution in [-0.2, 0) is 0 Å². The molecule has 0 aromatic heterocycles. The van der Waals surface area contributed by atoms with Gasteiger partial charge in [-0.3, -0.25) is 4.90 Å². The smallest absolute Gasteiger partial charge is 0.0502 e. The predicted molar refractivity (Wildman–Crippen MR) is 73.8 cm³/mol. The number of piperidine rings is 1. The van der Waals surface area contributed by atoms with Crippen molar-refractivity contribution in [3.05, 3.63) is 34.3 Å². The molecule has 0 spiro atoms. The van der Waals surface area contributed by atoms with Crippen LogP contribution in [0.2, 0.25) is 0 Å². The van der Waals surface area contributed by atoms with Gasteiger partial charge in [-0.2, -0.15) is 0 Å². The Kier molecular flexibility index (Phi) is 3.24. The number of hydrogen-bond acceptors (Lipinski definition) is 2. The molecule has 1 aromatic rings. The average Bonchev–Trinajstić information content (AvgIpc) is 3.14. The first-order chi connectivity index (χ1) is 8.25. The third-order valence-corrected chi connectivity index (χ3v) is 4.47. The number of likely N-dealkylation sites (tertiary alicyclic amines) is 1. The fourth-order valence-corrected chi connectivity index (χ4v) is 3.23. The van der Waals surface area contributed by atoms with Crippen molar-refractivity contribution >= 4 is 15.9 Å². The van der Waals surface area contributed by atoms with Crippen molar-refractivity contribution in [3.63, 3.8) is 0 Å². The molecule has 2 nitrogen and oxygen atoms in total. The monoisotopic (exact) mass is 294 g/mol. The molecule has 2 atom stereocenters. The first-order valence-electron chi connectivity index (χ1n) is 6.52. The minimum Gasteiger partial charge on any atom is -0.326 e. The lowest BCUT2D eigenvalue weighted by atomic mass is 9.91. The summed E-state index contributed by atoms with van der Waals surface area (Å²) >= 11 is 3.50. The predicted octanol–water partition coefficient (Wildman–Crippen LogP) is 3.08. The Morgan fingerprint density at radius 2 is 1.82 bits per heavy atom. The number of hydrogen-bond donors (Lipinski definition) is 1. The summed E-state index contributed by atoms with van der Waals surface area (Å²) in [7, 11) is 0. The van der Waals surface area contributed by atoms with Crippen LogP contribution in [0, 0.1) is 0 Å². The Morgan fingerprint density at radius 3 is 2.47 bits per heavy atom. The molecule has 1 saturated carbocycles. The highest BCUT2D eigenvalue weighted by atomic mass is 79.9. The van der Waals surface area contributed by atoms with Gasteiger partial charge >= 0.3 is 0 Å². The SMILES string of the molecule is NC1CCCN(C2CC2)C1c1ccc(Br)cc1. The zero-order valence-electron chi connectivity index (χ0n) is 9.98. The lowest BCUT2D eigenvalue weighted by Crippen LogP contribution is -2.46. The maximum absolute atomic E-state index is 6.35. The first-order valence-corrected chi connectivity index (χ1v) is 7.32. The number of halogens is 1. The van der Waals surface area contributed by atoms with E-state index < -0.39 is 0 Å². The van der Waals surface area contributed by atoms with E-state index in [0.29, 0.717) is 12.1 Å². The molecule has 1 aliphatic heterocycles. The largest absolute Gasteiger partial charge is 0.326 e. The highest BCUT2D eigenvalue weighted by molar-refractivity contribution is 9.10. The van der Waals surface area contributed by atoms with E-state index in [4.69, 9.17) is 5.73 Å². The zero-order valence-corrected chi connectivity index (χ0v) is 11.6. The van der Waals surface area contributed by atoms with Crippen LogP contribution >= 0.6 is 15.9 Å². The van der Waals surface area contributed by atoms with Crippen molar-refractivity contribution in [2.24, 2.45) is 5.73 Å². The number of nitrogens with zero attached hydrogens (tertiary/aromatic N) is 1. The normalized spacial score (nSPS) is 30.5. The van der Waals surface area contributed by atoms with Crippen LogP contribution in [0.15, 0.2) is 28.7 Å². The highest BCUT2D eigenvalue weighted by Gasteiger charge is 2.39. The van der Waals surface area contributed by atoms with Gasteiger partial charge in [0.05, 0.1) is 6.04 Å². The molecule has 0 bridgehead atoms. The molecule has 3 heteroatoms. The van der Waals surface area contributed by atoms with Crippen molar-refractivity contribution in [2.75, 3.05) is 6.54 Å². The quantitative estimate of drug-likeness (QED) is 0.908. The summed E-state index contributed by atoms with van der Waals surface area (Å²) in [6.07, 6.45) is 5.13. The van der Waals surface area contributed by atoms with Crippen molar-refractivity contribution in [1.29, 1.82) is 0 Å². The number of nitrogens with two attached hydrogens (primary N) is 1. The van der Waals surface area contributed by atoms with Gasteiger partial charge in [-0.1, -0.05) is 28.1 Å². The average molecular weight is 295 g/mol. The standard InChI is InChI=1S/C14H19BrN2/c15-11-5-3-10(4-6-11)14-13(16)2-1-9-17(14)12-7-8-12/h3-6,12-14H,1-2,7-9,16H2. The first kappa shape index (κ1) is 11.7. The Morgan fingerprint density at radius 1 is 1.12 bits per heavy atom. The van der Waals surface area contributed by atoms with Gasteiger partial charge in [0.25, 0.3) is 0 Å². The van der Waals surface area contributed by atoms with E-state index in [1.165, 1.54) is 31.4 Å². The molecule has 1 aromatic carbocycles. The Bertz CT molecular complexity index is 386. The fourth-order valence-electron chi connectivity index (χ4n) is 2.97. The molecule has 1 saturated heterocycles. The van der Waals surface area contributed by atoms with E-state index in [9.17, 15) is 0 Å². The van der Waals surface area contributed by atoms with Gasteiger partial charge in [0.1, 0.15) is 0 Å². The minimum atomic E-state index is 0.297. The molecule has 1 aliphatic carbocycles. The van der Waals surface area contributed by atoms with Gasteiger partial charge in [-0.25, -0.2) is 0 Å². The maximum Gasteiger partial charge on any atom is 0.0502 e. The van der Waals surface area contributed by atoms with Gasteiger partial charge in [-0.15, -0.1) is 0 Å². The van der Waals surface area contributed by atoms with Crippen molar-refractivity contribution in [2.45, 2.75) is 43.8 Å². The summed E-state index contributed by atoms with van der Waals surface area (Å²) < 4.78 is 1.14. The van der Waals surface area contributed by atoms with Crippen molar-refractivity contribution in [3.8, 4) is 0 Å². The third-order valence-electron chi connectivity index (χ3n) is 3.94. The van der Waals surface area contributed by atoms with Crippen LogP contribution in [0.1, 0.15) is 37.3 Å². The summed E-state index contributed by atoms with van der Waals surface area (Å²) in [5, 5.41) is 0. The lowest BCUT2D eigenvalue weighted by Gasteiger charge is -2.40. The Hall–Kier alpha value is -0.380. The maximum atomic E-state index is 6.35. The summed E-state index contributed by atoms with van der Waals surface area (Å²) in [6.45, 7) is 1.22. The minimum absolute atomic E-state index is 0.297. The second kappa shape index (κ2) is 4.71. The van der Waals surface area contributed by atoms with E-state index in [2.05, 4.69) is 45.1 Å². The van der Waals surface area contributed by atoms with Gasteiger partial charge < -0.3 is 5.73 Å². The van der Waals surface area contributed by atoms with Gasteiger partial charge in [0.15, 0.2) is 0 Å². The Balaban J connectivity index is 1.87. The molecular formula is C14H19BrN2. The van der Waals surface area contributed by atoms with E-state index in [1.807, 2.05) is 0 Å². The highest BCUT2D eigenvalue weighted by Crippen LogP contribution is 2.39. The number of benzene rings is 1. The molecular weight excluding hydrogens is 276 g/mol. The van der Waals surface area contributed by atoms with Crippen LogP contribution in [-0.4, -0.2) is 23.5 Å². The molecule has 2 N–H and O–H groups in total. The van der Waals surface area contributed by atoms with Crippen molar-refractivity contribution in [1.82, 2.24) is 4.90 Å². The summed E-state index contributed by atoms with van der Waals surface area (Å²) in [5.41, 5.74) is 7.73. The van der Waals surface area contributed by atoms with Crippen LogP contribution in [0.5, 0.6) is 0 Å². The third kappa shape index (κ3) is 2.42. The van der Waals surface area contributed by atoms with E-state index in [1.54, 1.807) is 0 Å². The summed E-state index contributed by atoms with van der Waals surface area (Å²) in [6, 6.07) is 10.2. The molecule has 2 unspecified atom stereocenters. The molecule has 2 fully saturated rings. The molecule has 17 heavy (non-hydrogen) atoms. The summed E-state index contributed by atoms with van der Waals surface area (Å²) in [4.78, 5) is 2.64. The van der Waals surface area contributed by atoms with E-state index in [0.717, 1.165) is 16.9 Å². The molecule has 3 rings (SSSR count). The van der Waals surface area contributed by atoms with E-state index >= 15 is 0 Å². The van der Waals surface area contributed by atoms with Crippen LogP contribution in [0.3, 0.4) is 0 Å². The Labute approximate surface area is 111 Å². The number of rotatable bonds is 2. The second-order valence-corrected chi connectivity index (χ2v) is 6.19. The second-order valence-electron chi connectivity index (χ2n) is 5.27. The topological polar surface area (TPSA) is 29.3 Å². The molecule has 92 valence electrons. The van der Waals surface area contributed by atoms with Gasteiger partial charge in [0.2, 0.25) is 0 Å². The summed E-state index contributed by atoms with van der Waals surface area (Å²) in [5.74, 6) is 0.